The molecule has 0 amide bonds. The maximum atomic E-state index is 8.61. The second-order valence-electron chi connectivity index (χ2n) is 4.10. The molecule has 0 aliphatic heterocycles. The van der Waals surface area contributed by atoms with Crippen LogP contribution < -0.4 is 0 Å². The third-order valence-electron chi connectivity index (χ3n) is 2.54. The Morgan fingerprint density at radius 1 is 1.31 bits per heavy atom. The van der Waals surface area contributed by atoms with E-state index >= 15 is 0 Å². The molecule has 1 aromatic rings. The normalized spacial score (nSPS) is 10.8. The molecule has 86 valence electrons. The highest BCUT2D eigenvalue weighted by Gasteiger charge is 2.09. The largest absolute Gasteiger partial charge is 0.296 e. The number of hydrogen-bond donors (Lipinski definition) is 0. The van der Waals surface area contributed by atoms with Crippen molar-refractivity contribution in [3.8, 4) is 6.07 Å². The first-order valence-corrected chi connectivity index (χ1v) is 5.86. The van der Waals surface area contributed by atoms with E-state index in [-0.39, 0.29) is 0 Å². The monoisotopic (exact) mass is 236 g/mol. The van der Waals surface area contributed by atoms with Crippen molar-refractivity contribution in [2.75, 3.05) is 6.54 Å². The summed E-state index contributed by atoms with van der Waals surface area (Å²) in [6.07, 6.45) is 0.575. The van der Waals surface area contributed by atoms with Crippen molar-refractivity contribution in [1.29, 1.82) is 5.26 Å². The van der Waals surface area contributed by atoms with Crippen LogP contribution in [0.4, 0.5) is 0 Å². The molecule has 0 saturated carbocycles. The molecule has 0 N–H and O–H groups in total. The van der Waals surface area contributed by atoms with E-state index in [1.165, 1.54) is 5.56 Å². The maximum absolute atomic E-state index is 8.61. The summed E-state index contributed by atoms with van der Waals surface area (Å²) in [6.45, 7) is 5.98. The standard InChI is InChI=1S/C13H17ClN2/c1-11(2)16(9-3-8-15)10-12-4-6-13(14)7-5-12/h4-7,11H,3,9-10H2,1-2H3. The van der Waals surface area contributed by atoms with Crippen LogP contribution in [0, 0.1) is 11.3 Å². The van der Waals surface area contributed by atoms with Crippen LogP contribution in [0.25, 0.3) is 0 Å². The van der Waals surface area contributed by atoms with Gasteiger partial charge >= 0.3 is 0 Å². The molecule has 2 nitrogen and oxygen atoms in total. The van der Waals surface area contributed by atoms with Crippen molar-refractivity contribution in [2.45, 2.75) is 32.9 Å². The van der Waals surface area contributed by atoms with E-state index in [9.17, 15) is 0 Å². The van der Waals surface area contributed by atoms with Gasteiger partial charge < -0.3 is 0 Å². The fraction of sp³-hybridized carbons (Fsp3) is 0.462. The van der Waals surface area contributed by atoms with Crippen molar-refractivity contribution in [2.24, 2.45) is 0 Å². The number of rotatable bonds is 5. The second-order valence-corrected chi connectivity index (χ2v) is 4.54. The van der Waals surface area contributed by atoms with E-state index in [1.807, 2.05) is 24.3 Å². The molecule has 0 aliphatic rings. The summed E-state index contributed by atoms with van der Waals surface area (Å²) >= 11 is 5.84. The first-order valence-electron chi connectivity index (χ1n) is 5.49. The highest BCUT2D eigenvalue weighted by Crippen LogP contribution is 2.13. The van der Waals surface area contributed by atoms with Crippen LogP contribution in [0.15, 0.2) is 24.3 Å². The highest BCUT2D eigenvalue weighted by molar-refractivity contribution is 6.30. The van der Waals surface area contributed by atoms with Crippen LogP contribution in [0.3, 0.4) is 0 Å². The fourth-order valence-corrected chi connectivity index (χ4v) is 1.66. The SMILES string of the molecule is CC(C)N(CCC#N)Cc1ccc(Cl)cc1. The van der Waals surface area contributed by atoms with Crippen molar-refractivity contribution in [3.05, 3.63) is 34.9 Å². The van der Waals surface area contributed by atoms with Crippen molar-refractivity contribution in [1.82, 2.24) is 4.90 Å². The lowest BCUT2D eigenvalue weighted by Gasteiger charge is -2.25. The van der Waals surface area contributed by atoms with Gasteiger partial charge in [-0.2, -0.15) is 5.26 Å². The van der Waals surface area contributed by atoms with Crippen LogP contribution in [0.2, 0.25) is 5.02 Å². The fourth-order valence-electron chi connectivity index (χ4n) is 1.54. The van der Waals surface area contributed by atoms with Crippen molar-refractivity contribution < 1.29 is 0 Å². The van der Waals surface area contributed by atoms with Gasteiger partial charge in [0, 0.05) is 30.6 Å². The molecular weight excluding hydrogens is 220 g/mol. The third-order valence-corrected chi connectivity index (χ3v) is 2.79. The molecule has 0 radical (unpaired) electrons. The second kappa shape index (κ2) is 6.52. The lowest BCUT2D eigenvalue weighted by Crippen LogP contribution is -2.31. The quantitative estimate of drug-likeness (QED) is 0.783. The number of nitriles is 1. The molecule has 0 fully saturated rings. The van der Waals surface area contributed by atoms with E-state index < -0.39 is 0 Å². The molecule has 0 unspecified atom stereocenters. The number of benzene rings is 1. The number of nitrogens with zero attached hydrogens (tertiary/aromatic N) is 2. The number of halogens is 1. The minimum absolute atomic E-state index is 0.448. The van der Waals surface area contributed by atoms with Gasteiger partial charge in [0.1, 0.15) is 0 Å². The predicted molar refractivity (Wildman–Crippen MR) is 67.2 cm³/mol. The van der Waals surface area contributed by atoms with E-state index in [4.69, 9.17) is 16.9 Å². The number of hydrogen-bond acceptors (Lipinski definition) is 2. The van der Waals surface area contributed by atoms with Crippen molar-refractivity contribution >= 4 is 11.6 Å². The molecule has 3 heteroatoms. The topological polar surface area (TPSA) is 27.0 Å². The van der Waals surface area contributed by atoms with Crippen LogP contribution >= 0.6 is 11.6 Å². The molecule has 16 heavy (non-hydrogen) atoms. The lowest BCUT2D eigenvalue weighted by atomic mass is 10.2. The lowest BCUT2D eigenvalue weighted by molar-refractivity contribution is 0.218. The van der Waals surface area contributed by atoms with Crippen molar-refractivity contribution in [3.63, 3.8) is 0 Å². The van der Waals surface area contributed by atoms with Gasteiger partial charge in [0.15, 0.2) is 0 Å². The summed E-state index contributed by atoms with van der Waals surface area (Å²) in [5.74, 6) is 0. The Hall–Kier alpha value is -1.04. The smallest absolute Gasteiger partial charge is 0.0635 e. The van der Waals surface area contributed by atoms with Gasteiger partial charge in [0.05, 0.1) is 6.07 Å². The average molecular weight is 237 g/mol. The van der Waals surface area contributed by atoms with Crippen LogP contribution in [-0.4, -0.2) is 17.5 Å². The molecule has 0 atom stereocenters. The van der Waals surface area contributed by atoms with Gasteiger partial charge in [-0.25, -0.2) is 0 Å². The zero-order chi connectivity index (χ0) is 12.0. The summed E-state index contributed by atoms with van der Waals surface area (Å²) in [4.78, 5) is 2.28. The average Bonchev–Trinajstić information content (AvgIpc) is 2.26. The maximum Gasteiger partial charge on any atom is 0.0635 e. The highest BCUT2D eigenvalue weighted by atomic mass is 35.5. The van der Waals surface area contributed by atoms with E-state index in [0.717, 1.165) is 18.1 Å². The Morgan fingerprint density at radius 3 is 2.44 bits per heavy atom. The summed E-state index contributed by atoms with van der Waals surface area (Å²) in [6, 6.07) is 10.5. The third kappa shape index (κ3) is 4.22. The summed E-state index contributed by atoms with van der Waals surface area (Å²) in [5.41, 5.74) is 1.23. The minimum Gasteiger partial charge on any atom is -0.296 e. The molecule has 0 heterocycles. The molecule has 0 spiro atoms. The Balaban J connectivity index is 2.61. The first-order chi connectivity index (χ1) is 7.63. The molecule has 0 aliphatic carbocycles. The van der Waals surface area contributed by atoms with E-state index in [0.29, 0.717) is 12.5 Å². The van der Waals surface area contributed by atoms with Gasteiger partial charge in [0.2, 0.25) is 0 Å². The van der Waals surface area contributed by atoms with Gasteiger partial charge in [0.25, 0.3) is 0 Å². The first kappa shape index (κ1) is 13.0. The molecule has 0 aromatic heterocycles. The molecule has 1 aromatic carbocycles. The van der Waals surface area contributed by atoms with Gasteiger partial charge in [-0.1, -0.05) is 23.7 Å². The predicted octanol–water partition coefficient (Wildman–Crippen LogP) is 3.46. The summed E-state index contributed by atoms with van der Waals surface area (Å²) in [7, 11) is 0. The van der Waals surface area contributed by atoms with E-state index in [2.05, 4.69) is 24.8 Å². The molecule has 0 saturated heterocycles. The molecule has 1 rings (SSSR count). The van der Waals surface area contributed by atoms with E-state index in [1.54, 1.807) is 0 Å². The Bertz CT molecular complexity index is 351. The molecular formula is C13H17ClN2. The Morgan fingerprint density at radius 2 is 1.94 bits per heavy atom. The van der Waals surface area contributed by atoms with Gasteiger partial charge in [-0.05, 0) is 31.5 Å². The minimum atomic E-state index is 0.448. The van der Waals surface area contributed by atoms with Crippen LogP contribution in [0.1, 0.15) is 25.8 Å². The van der Waals surface area contributed by atoms with Gasteiger partial charge in [-0.3, -0.25) is 4.90 Å². The van der Waals surface area contributed by atoms with Crippen LogP contribution in [0.5, 0.6) is 0 Å². The molecule has 0 bridgehead atoms. The van der Waals surface area contributed by atoms with Gasteiger partial charge in [-0.15, -0.1) is 0 Å². The van der Waals surface area contributed by atoms with Crippen LogP contribution in [-0.2, 0) is 6.54 Å². The Kier molecular flexibility index (Phi) is 5.31. The Labute approximate surface area is 102 Å². The zero-order valence-corrected chi connectivity index (χ0v) is 10.5. The zero-order valence-electron chi connectivity index (χ0n) is 9.78. The summed E-state index contributed by atoms with van der Waals surface area (Å²) < 4.78 is 0. The summed E-state index contributed by atoms with van der Waals surface area (Å²) in [5, 5.41) is 9.37.